The summed E-state index contributed by atoms with van der Waals surface area (Å²) in [7, 11) is 0. The van der Waals surface area contributed by atoms with Crippen molar-refractivity contribution in [3.63, 3.8) is 0 Å². The van der Waals surface area contributed by atoms with Gasteiger partial charge in [0.15, 0.2) is 5.78 Å². The summed E-state index contributed by atoms with van der Waals surface area (Å²) in [6.07, 6.45) is 0.522. The fourth-order valence-electron chi connectivity index (χ4n) is 1.56. The number of carbonyl (C=O) groups is 2. The normalized spacial score (nSPS) is 15.8. The number of hydrogen-bond donors (Lipinski definition) is 1. The monoisotopic (exact) mass is 204 g/mol. The zero-order chi connectivity index (χ0) is 10.8. The average molecular weight is 204 g/mol. The highest BCUT2D eigenvalue weighted by Crippen LogP contribution is 2.17. The van der Waals surface area contributed by atoms with Gasteiger partial charge < -0.3 is 0 Å². The lowest BCUT2D eigenvalue weighted by Crippen LogP contribution is -2.33. The quantitative estimate of drug-likeness (QED) is 0.735. The summed E-state index contributed by atoms with van der Waals surface area (Å²) in [6, 6.07) is 7.00. The molecule has 4 heteroatoms. The van der Waals surface area contributed by atoms with E-state index in [1.54, 1.807) is 24.3 Å². The van der Waals surface area contributed by atoms with Crippen molar-refractivity contribution in [1.29, 1.82) is 0 Å². The van der Waals surface area contributed by atoms with Crippen LogP contribution in [0.2, 0.25) is 0 Å². The van der Waals surface area contributed by atoms with Gasteiger partial charge >= 0.3 is 0 Å². The van der Waals surface area contributed by atoms with E-state index in [1.807, 2.05) is 0 Å². The second-order valence-corrected chi connectivity index (χ2v) is 3.49. The molecule has 0 aromatic heterocycles. The van der Waals surface area contributed by atoms with Crippen LogP contribution < -0.4 is 10.4 Å². The summed E-state index contributed by atoms with van der Waals surface area (Å²) in [5.41, 5.74) is 4.41. The van der Waals surface area contributed by atoms with E-state index in [0.717, 1.165) is 5.69 Å². The molecule has 78 valence electrons. The number of anilines is 1. The fourth-order valence-corrected chi connectivity index (χ4v) is 1.56. The van der Waals surface area contributed by atoms with E-state index in [4.69, 9.17) is 0 Å². The average Bonchev–Trinajstić information content (AvgIpc) is 2.65. The Morgan fingerprint density at radius 2 is 2.00 bits per heavy atom. The van der Waals surface area contributed by atoms with E-state index in [-0.39, 0.29) is 11.7 Å². The lowest BCUT2D eigenvalue weighted by molar-refractivity contribution is -0.117. The van der Waals surface area contributed by atoms with Crippen LogP contribution in [-0.2, 0) is 4.79 Å². The molecule has 1 N–H and O–H groups in total. The molecule has 0 saturated carbocycles. The third kappa shape index (κ3) is 1.89. The molecule has 15 heavy (non-hydrogen) atoms. The molecule has 0 unspecified atom stereocenters. The van der Waals surface area contributed by atoms with Crippen LogP contribution in [-0.4, -0.2) is 18.2 Å². The molecule has 4 nitrogen and oxygen atoms in total. The van der Waals surface area contributed by atoms with Crippen LogP contribution in [0.5, 0.6) is 0 Å². The topological polar surface area (TPSA) is 49.4 Å². The number of hydrazine groups is 1. The molecule has 0 atom stereocenters. The predicted octanol–water partition coefficient (Wildman–Crippen LogP) is 1.13. The molecule has 0 bridgehead atoms. The van der Waals surface area contributed by atoms with Crippen LogP contribution in [0.3, 0.4) is 0 Å². The molecule has 1 saturated heterocycles. The lowest BCUT2D eigenvalue weighted by atomic mass is 10.1. The third-order valence-electron chi connectivity index (χ3n) is 2.39. The van der Waals surface area contributed by atoms with E-state index < -0.39 is 0 Å². The van der Waals surface area contributed by atoms with Crippen LogP contribution in [0.15, 0.2) is 24.3 Å². The number of nitrogens with one attached hydrogen (secondary N) is 1. The highest BCUT2D eigenvalue weighted by Gasteiger charge is 2.21. The summed E-state index contributed by atoms with van der Waals surface area (Å²) in [4.78, 5) is 22.4. The summed E-state index contributed by atoms with van der Waals surface area (Å²) < 4.78 is 0. The second-order valence-electron chi connectivity index (χ2n) is 3.49. The number of benzene rings is 1. The van der Waals surface area contributed by atoms with Crippen molar-refractivity contribution in [3.8, 4) is 0 Å². The molecule has 1 aliphatic heterocycles. The van der Waals surface area contributed by atoms with Crippen molar-refractivity contribution in [2.45, 2.75) is 13.3 Å². The third-order valence-corrected chi connectivity index (χ3v) is 2.39. The number of ketones is 1. The number of nitrogens with zero attached hydrogens (tertiary/aromatic N) is 1. The SMILES string of the molecule is CC(=O)c1ccc(N2NCCC2=O)cc1. The number of hydrogen-bond acceptors (Lipinski definition) is 3. The van der Waals surface area contributed by atoms with Crippen LogP contribution in [0.1, 0.15) is 23.7 Å². The largest absolute Gasteiger partial charge is 0.295 e. The minimum atomic E-state index is 0.0299. The first kappa shape index (κ1) is 9.86. The molecule has 0 aliphatic carbocycles. The standard InChI is InChI=1S/C11H12N2O2/c1-8(14)9-2-4-10(5-3-9)13-11(15)6-7-12-13/h2-5,12H,6-7H2,1H3. The maximum Gasteiger partial charge on any atom is 0.242 e. The molecular formula is C11H12N2O2. The van der Waals surface area contributed by atoms with Crippen LogP contribution >= 0.6 is 0 Å². The molecule has 1 fully saturated rings. The van der Waals surface area contributed by atoms with Crippen molar-refractivity contribution in [2.24, 2.45) is 0 Å². The fraction of sp³-hybridized carbons (Fsp3) is 0.273. The number of amides is 1. The molecule has 2 rings (SSSR count). The minimum Gasteiger partial charge on any atom is -0.295 e. The highest BCUT2D eigenvalue weighted by molar-refractivity contribution is 5.96. The van der Waals surface area contributed by atoms with E-state index in [2.05, 4.69) is 5.43 Å². The van der Waals surface area contributed by atoms with E-state index in [1.165, 1.54) is 11.9 Å². The van der Waals surface area contributed by atoms with Crippen LogP contribution in [0.25, 0.3) is 0 Å². The lowest BCUT2D eigenvalue weighted by Gasteiger charge is -2.15. The first-order valence-corrected chi connectivity index (χ1v) is 4.86. The Labute approximate surface area is 87.9 Å². The Hall–Kier alpha value is -1.68. The van der Waals surface area contributed by atoms with Gasteiger partial charge in [-0.25, -0.2) is 10.4 Å². The molecule has 1 aliphatic rings. The highest BCUT2D eigenvalue weighted by atomic mass is 16.2. The van der Waals surface area contributed by atoms with Gasteiger partial charge in [-0.15, -0.1) is 0 Å². The molecule has 1 aromatic rings. The summed E-state index contributed by atoms with van der Waals surface area (Å²) in [5, 5.41) is 1.52. The van der Waals surface area contributed by atoms with Gasteiger partial charge in [-0.1, -0.05) is 0 Å². The molecular weight excluding hydrogens is 192 g/mol. The molecule has 1 heterocycles. The van der Waals surface area contributed by atoms with E-state index in [0.29, 0.717) is 18.5 Å². The molecule has 0 radical (unpaired) electrons. The van der Waals surface area contributed by atoms with Crippen molar-refractivity contribution in [3.05, 3.63) is 29.8 Å². The summed E-state index contributed by atoms with van der Waals surface area (Å²) in [6.45, 7) is 2.20. The van der Waals surface area contributed by atoms with E-state index in [9.17, 15) is 9.59 Å². The Kier molecular flexibility index (Phi) is 2.51. The Morgan fingerprint density at radius 3 is 2.47 bits per heavy atom. The number of carbonyl (C=O) groups excluding carboxylic acids is 2. The minimum absolute atomic E-state index is 0.0299. The van der Waals surface area contributed by atoms with E-state index >= 15 is 0 Å². The van der Waals surface area contributed by atoms with Gasteiger partial charge in [0.05, 0.1) is 5.69 Å². The second kappa shape index (κ2) is 3.82. The van der Waals surface area contributed by atoms with Crippen LogP contribution in [0.4, 0.5) is 5.69 Å². The van der Waals surface area contributed by atoms with Gasteiger partial charge in [-0.3, -0.25) is 9.59 Å². The predicted molar refractivity (Wildman–Crippen MR) is 56.6 cm³/mol. The zero-order valence-electron chi connectivity index (χ0n) is 8.49. The summed E-state index contributed by atoms with van der Waals surface area (Å²) in [5.74, 6) is 0.0906. The van der Waals surface area contributed by atoms with Crippen molar-refractivity contribution < 1.29 is 9.59 Å². The van der Waals surface area contributed by atoms with Crippen molar-refractivity contribution in [1.82, 2.24) is 5.43 Å². The summed E-state index contributed by atoms with van der Waals surface area (Å²) >= 11 is 0. The van der Waals surface area contributed by atoms with Gasteiger partial charge in [0.25, 0.3) is 0 Å². The molecule has 0 spiro atoms. The first-order valence-electron chi connectivity index (χ1n) is 4.86. The van der Waals surface area contributed by atoms with Crippen molar-refractivity contribution in [2.75, 3.05) is 11.6 Å². The molecule has 1 aromatic carbocycles. The van der Waals surface area contributed by atoms with Gasteiger partial charge in [-0.05, 0) is 31.2 Å². The maximum atomic E-state index is 11.4. The Morgan fingerprint density at radius 1 is 1.33 bits per heavy atom. The van der Waals surface area contributed by atoms with Gasteiger partial charge in [0.1, 0.15) is 0 Å². The number of Topliss-reactive ketones (excluding diaryl/α,β-unsaturated/α-hetero) is 1. The van der Waals surface area contributed by atoms with Gasteiger partial charge in [0, 0.05) is 18.5 Å². The van der Waals surface area contributed by atoms with Crippen LogP contribution in [0, 0.1) is 0 Å². The zero-order valence-corrected chi connectivity index (χ0v) is 8.49. The van der Waals surface area contributed by atoms with Gasteiger partial charge in [0.2, 0.25) is 5.91 Å². The molecule has 1 amide bonds. The Balaban J connectivity index is 2.23. The first-order chi connectivity index (χ1) is 7.18. The Bertz CT molecular complexity index is 398. The van der Waals surface area contributed by atoms with Gasteiger partial charge in [-0.2, -0.15) is 0 Å². The maximum absolute atomic E-state index is 11.4. The van der Waals surface area contributed by atoms with Crippen molar-refractivity contribution >= 4 is 17.4 Å². The number of rotatable bonds is 2. The smallest absolute Gasteiger partial charge is 0.242 e.